The van der Waals surface area contributed by atoms with E-state index in [0.717, 1.165) is 11.1 Å². The van der Waals surface area contributed by atoms with Gasteiger partial charge in [-0.15, -0.1) is 0 Å². The molecule has 1 N–H and O–H groups in total. The zero-order chi connectivity index (χ0) is 21.2. The lowest BCUT2D eigenvalue weighted by atomic mass is 10.2. The lowest BCUT2D eigenvalue weighted by molar-refractivity contribution is -0.121. The minimum absolute atomic E-state index is 0.170. The van der Waals surface area contributed by atoms with Crippen molar-refractivity contribution < 1.29 is 14.3 Å². The Morgan fingerprint density at radius 2 is 2.03 bits per heavy atom. The normalized spacial score (nSPS) is 12.1. The molecule has 0 bridgehead atoms. The summed E-state index contributed by atoms with van der Waals surface area (Å²) < 4.78 is 11.8. The van der Waals surface area contributed by atoms with E-state index in [2.05, 4.69) is 25.3 Å². The first-order valence-corrected chi connectivity index (χ1v) is 9.45. The first-order chi connectivity index (χ1) is 15.2. The van der Waals surface area contributed by atoms with Gasteiger partial charge in [-0.25, -0.2) is 15.0 Å². The molecule has 1 aliphatic rings. The molecule has 4 heterocycles. The lowest BCUT2D eigenvalue weighted by Crippen LogP contribution is -2.32. The third kappa shape index (κ3) is 3.78. The number of benzene rings is 1. The van der Waals surface area contributed by atoms with Crippen molar-refractivity contribution in [2.45, 2.75) is 13.1 Å². The molecule has 154 valence electrons. The van der Waals surface area contributed by atoms with Gasteiger partial charge in [0.2, 0.25) is 12.7 Å². The SMILES string of the molecule is O=C(Cn1cnc2nc(-c3cccnc3)ncc2c1=O)NCc1ccc2c(c1)OCO2. The van der Waals surface area contributed by atoms with Crippen molar-refractivity contribution in [2.24, 2.45) is 0 Å². The van der Waals surface area contributed by atoms with Gasteiger partial charge in [0.25, 0.3) is 5.56 Å². The smallest absolute Gasteiger partial charge is 0.264 e. The Hall–Kier alpha value is -4.34. The molecule has 1 amide bonds. The number of amides is 1. The number of carbonyl (C=O) groups excluding carboxylic acids is 1. The van der Waals surface area contributed by atoms with Crippen LogP contribution in [0.5, 0.6) is 11.5 Å². The number of aromatic nitrogens is 5. The van der Waals surface area contributed by atoms with Crippen LogP contribution in [0.25, 0.3) is 22.4 Å². The quantitative estimate of drug-likeness (QED) is 0.517. The molecule has 0 atom stereocenters. The van der Waals surface area contributed by atoms with Crippen LogP contribution >= 0.6 is 0 Å². The highest BCUT2D eigenvalue weighted by atomic mass is 16.7. The molecule has 0 saturated heterocycles. The van der Waals surface area contributed by atoms with E-state index in [-0.39, 0.29) is 35.8 Å². The van der Waals surface area contributed by atoms with E-state index in [1.807, 2.05) is 18.2 Å². The minimum Gasteiger partial charge on any atom is -0.454 e. The van der Waals surface area contributed by atoms with Crippen LogP contribution in [0.3, 0.4) is 0 Å². The second-order valence-electron chi connectivity index (χ2n) is 6.81. The van der Waals surface area contributed by atoms with Gasteiger partial charge < -0.3 is 14.8 Å². The molecule has 10 nitrogen and oxygen atoms in total. The Balaban J connectivity index is 1.30. The van der Waals surface area contributed by atoms with Crippen molar-refractivity contribution in [2.75, 3.05) is 6.79 Å². The van der Waals surface area contributed by atoms with Crippen LogP contribution in [-0.2, 0) is 17.9 Å². The summed E-state index contributed by atoms with van der Waals surface area (Å²) in [6, 6.07) is 9.04. The zero-order valence-corrected chi connectivity index (χ0v) is 16.2. The van der Waals surface area contributed by atoms with Gasteiger partial charge in [0.1, 0.15) is 18.3 Å². The van der Waals surface area contributed by atoms with Gasteiger partial charge in [0.15, 0.2) is 23.0 Å². The summed E-state index contributed by atoms with van der Waals surface area (Å²) in [6.07, 6.45) is 6.01. The van der Waals surface area contributed by atoms with E-state index in [0.29, 0.717) is 23.9 Å². The van der Waals surface area contributed by atoms with Gasteiger partial charge in [-0.3, -0.25) is 19.1 Å². The lowest BCUT2D eigenvalue weighted by Gasteiger charge is -2.09. The van der Waals surface area contributed by atoms with E-state index >= 15 is 0 Å². The maximum atomic E-state index is 12.7. The summed E-state index contributed by atoms with van der Waals surface area (Å²) in [7, 11) is 0. The number of nitrogens with one attached hydrogen (secondary N) is 1. The number of fused-ring (bicyclic) bond motifs is 2. The molecule has 31 heavy (non-hydrogen) atoms. The van der Waals surface area contributed by atoms with Crippen LogP contribution in [0.1, 0.15) is 5.56 Å². The van der Waals surface area contributed by atoms with Gasteiger partial charge in [-0.2, -0.15) is 0 Å². The van der Waals surface area contributed by atoms with Crippen molar-refractivity contribution >= 4 is 16.9 Å². The van der Waals surface area contributed by atoms with E-state index in [9.17, 15) is 9.59 Å². The first-order valence-electron chi connectivity index (χ1n) is 9.45. The van der Waals surface area contributed by atoms with Gasteiger partial charge in [-0.1, -0.05) is 6.07 Å². The highest BCUT2D eigenvalue weighted by Crippen LogP contribution is 2.32. The van der Waals surface area contributed by atoms with Crippen LogP contribution in [-0.4, -0.2) is 37.2 Å². The fraction of sp³-hybridized carbons (Fsp3) is 0.143. The predicted octanol–water partition coefficient (Wildman–Crippen LogP) is 1.29. The van der Waals surface area contributed by atoms with E-state index < -0.39 is 0 Å². The van der Waals surface area contributed by atoms with Crippen molar-refractivity contribution in [3.63, 3.8) is 0 Å². The Labute approximate surface area is 175 Å². The fourth-order valence-corrected chi connectivity index (χ4v) is 3.16. The molecule has 3 aromatic heterocycles. The Kier molecular flexibility index (Phi) is 4.71. The van der Waals surface area contributed by atoms with Crippen molar-refractivity contribution in [1.82, 2.24) is 29.8 Å². The predicted molar refractivity (Wildman–Crippen MR) is 109 cm³/mol. The molecule has 0 aliphatic carbocycles. The molecule has 1 aromatic carbocycles. The molecule has 0 fully saturated rings. The molecule has 1 aliphatic heterocycles. The number of nitrogens with zero attached hydrogens (tertiary/aromatic N) is 5. The zero-order valence-electron chi connectivity index (χ0n) is 16.2. The fourth-order valence-electron chi connectivity index (χ4n) is 3.16. The maximum absolute atomic E-state index is 12.7. The topological polar surface area (TPSA) is 121 Å². The molecule has 0 spiro atoms. The number of rotatable bonds is 5. The Morgan fingerprint density at radius 1 is 1.13 bits per heavy atom. The molecule has 0 radical (unpaired) electrons. The highest BCUT2D eigenvalue weighted by molar-refractivity contribution is 5.77. The Morgan fingerprint density at radius 3 is 2.90 bits per heavy atom. The third-order valence-electron chi connectivity index (χ3n) is 4.74. The average Bonchev–Trinajstić information content (AvgIpc) is 3.28. The number of hydrogen-bond acceptors (Lipinski definition) is 8. The van der Waals surface area contributed by atoms with Crippen molar-refractivity contribution in [3.05, 3.63) is 71.2 Å². The van der Waals surface area contributed by atoms with Crippen LogP contribution in [0.4, 0.5) is 0 Å². The van der Waals surface area contributed by atoms with Crippen molar-refractivity contribution in [3.8, 4) is 22.9 Å². The number of carbonyl (C=O) groups is 1. The van der Waals surface area contributed by atoms with Gasteiger partial charge in [0, 0.05) is 30.7 Å². The molecule has 0 saturated carbocycles. The summed E-state index contributed by atoms with van der Waals surface area (Å²) in [5.74, 6) is 1.42. The summed E-state index contributed by atoms with van der Waals surface area (Å²) in [6.45, 7) is 0.315. The minimum atomic E-state index is -0.388. The number of hydrogen-bond donors (Lipinski definition) is 1. The average molecular weight is 416 g/mol. The molecule has 5 rings (SSSR count). The highest BCUT2D eigenvalue weighted by Gasteiger charge is 2.14. The maximum Gasteiger partial charge on any atom is 0.264 e. The van der Waals surface area contributed by atoms with Gasteiger partial charge in [-0.05, 0) is 29.8 Å². The summed E-state index contributed by atoms with van der Waals surface area (Å²) in [4.78, 5) is 41.9. The monoisotopic (exact) mass is 416 g/mol. The van der Waals surface area contributed by atoms with E-state index in [4.69, 9.17) is 9.47 Å². The standard InChI is InChI=1S/C21H16N6O4/c28-18(23-7-13-3-4-16-17(6-13)31-12-30-16)10-27-11-25-20-15(21(27)29)9-24-19(26-20)14-2-1-5-22-8-14/h1-6,8-9,11H,7,10,12H2,(H,23,28). The van der Waals surface area contributed by atoms with Crippen molar-refractivity contribution in [1.29, 1.82) is 0 Å². The van der Waals surface area contributed by atoms with Gasteiger partial charge in [0.05, 0.1) is 0 Å². The van der Waals surface area contributed by atoms with Crippen LogP contribution in [0, 0.1) is 0 Å². The number of pyridine rings is 1. The second kappa shape index (κ2) is 7.82. The molecule has 4 aromatic rings. The third-order valence-corrected chi connectivity index (χ3v) is 4.74. The van der Waals surface area contributed by atoms with Crippen LogP contribution < -0.4 is 20.3 Å². The first kappa shape index (κ1) is 18.7. The Bertz CT molecular complexity index is 1340. The summed E-state index contributed by atoms with van der Waals surface area (Å²) in [5.41, 5.74) is 1.45. The van der Waals surface area contributed by atoms with Gasteiger partial charge >= 0.3 is 0 Å². The molecular formula is C21H16N6O4. The summed E-state index contributed by atoms with van der Waals surface area (Å²) in [5, 5.41) is 3.02. The molecule has 0 unspecified atom stereocenters. The van der Waals surface area contributed by atoms with E-state index in [1.165, 1.54) is 17.1 Å². The second-order valence-corrected chi connectivity index (χ2v) is 6.81. The van der Waals surface area contributed by atoms with Crippen LogP contribution in [0.15, 0.2) is 60.0 Å². The van der Waals surface area contributed by atoms with Crippen LogP contribution in [0.2, 0.25) is 0 Å². The largest absolute Gasteiger partial charge is 0.454 e. The number of ether oxygens (including phenoxy) is 2. The molecule has 10 heteroatoms. The van der Waals surface area contributed by atoms with E-state index in [1.54, 1.807) is 24.5 Å². The molecular weight excluding hydrogens is 400 g/mol. The summed E-state index contributed by atoms with van der Waals surface area (Å²) >= 11 is 0.